The van der Waals surface area contributed by atoms with Gasteiger partial charge in [0, 0.05) is 23.5 Å². The van der Waals surface area contributed by atoms with E-state index in [4.69, 9.17) is 20.8 Å². The van der Waals surface area contributed by atoms with Gasteiger partial charge in [0.15, 0.2) is 11.4 Å². The van der Waals surface area contributed by atoms with Crippen LogP contribution in [0.1, 0.15) is 12.5 Å². The molecule has 4 aromatic rings. The Kier molecular flexibility index (Phi) is 5.09. The molecule has 4 rings (SSSR count). The first kappa shape index (κ1) is 18.8. The summed E-state index contributed by atoms with van der Waals surface area (Å²) in [6, 6.07) is 12.4. The molecule has 2 aromatic heterocycles. The number of para-hydroxylation sites is 2. The highest BCUT2D eigenvalue weighted by atomic mass is 35.5. The highest BCUT2D eigenvalue weighted by molar-refractivity contribution is 6.32. The Morgan fingerprint density at radius 2 is 2.07 bits per heavy atom. The van der Waals surface area contributed by atoms with E-state index < -0.39 is 5.76 Å². The number of nitrogens with one attached hydrogen (secondary N) is 2. The number of aryl methyl sites for hydroxylation is 1. The van der Waals surface area contributed by atoms with Gasteiger partial charge in [-0.1, -0.05) is 23.7 Å². The van der Waals surface area contributed by atoms with Gasteiger partial charge in [-0.05, 0) is 38.1 Å². The van der Waals surface area contributed by atoms with Gasteiger partial charge in [0.25, 0.3) is 0 Å². The third-order valence-corrected chi connectivity index (χ3v) is 4.47. The maximum atomic E-state index is 12.2. The zero-order valence-electron chi connectivity index (χ0n) is 15.8. The van der Waals surface area contributed by atoms with E-state index in [1.807, 2.05) is 19.9 Å². The molecule has 2 aromatic carbocycles. The number of fused-ring (bicyclic) bond motifs is 1. The highest BCUT2D eigenvalue weighted by Gasteiger charge is 2.12. The summed E-state index contributed by atoms with van der Waals surface area (Å²) in [6.45, 7) is 4.24. The lowest BCUT2D eigenvalue weighted by Crippen LogP contribution is -2.23. The van der Waals surface area contributed by atoms with E-state index >= 15 is 0 Å². The van der Waals surface area contributed by atoms with Crippen LogP contribution in [0.5, 0.6) is 5.75 Å². The van der Waals surface area contributed by atoms with Crippen molar-refractivity contribution in [2.24, 2.45) is 0 Å². The number of oxazole rings is 1. The van der Waals surface area contributed by atoms with Crippen molar-refractivity contribution in [1.82, 2.24) is 14.6 Å². The van der Waals surface area contributed by atoms with E-state index in [2.05, 4.69) is 20.7 Å². The average molecular weight is 412 g/mol. The number of halogens is 1. The van der Waals surface area contributed by atoms with Crippen molar-refractivity contribution in [3.05, 3.63) is 69.8 Å². The van der Waals surface area contributed by atoms with Gasteiger partial charge < -0.3 is 14.5 Å². The fraction of sp³-hybridized carbons (Fsp3) is 0.150. The first-order valence-electron chi connectivity index (χ1n) is 8.96. The minimum absolute atomic E-state index is 0.351. The summed E-state index contributed by atoms with van der Waals surface area (Å²) in [5.74, 6) is 0.859. The zero-order chi connectivity index (χ0) is 20.4. The standard InChI is InChI=1S/C20H18ClN5O3/c1-3-28-17-10-13(8-9-14(17)21)23-19-22-11-12(2)18(24-19)25-26-15-6-4-5-7-16(15)29-20(26)27/h4-11H,3H2,1-2H3,(H2,22,23,24,25). The molecule has 0 amide bonds. The number of hydrogen-bond acceptors (Lipinski definition) is 7. The van der Waals surface area contributed by atoms with Crippen LogP contribution in [0.2, 0.25) is 5.02 Å². The van der Waals surface area contributed by atoms with E-state index in [1.54, 1.807) is 42.6 Å². The van der Waals surface area contributed by atoms with Crippen molar-refractivity contribution in [2.45, 2.75) is 13.8 Å². The molecule has 0 atom stereocenters. The van der Waals surface area contributed by atoms with Crippen molar-refractivity contribution in [3.63, 3.8) is 0 Å². The molecule has 0 aliphatic carbocycles. The molecule has 0 spiro atoms. The Morgan fingerprint density at radius 1 is 1.24 bits per heavy atom. The molecular formula is C20H18ClN5O3. The minimum Gasteiger partial charge on any atom is -0.492 e. The molecule has 29 heavy (non-hydrogen) atoms. The highest BCUT2D eigenvalue weighted by Crippen LogP contribution is 2.29. The summed E-state index contributed by atoms with van der Waals surface area (Å²) < 4.78 is 12.1. The molecule has 0 saturated carbocycles. The maximum Gasteiger partial charge on any atom is 0.439 e. The molecule has 0 bridgehead atoms. The molecule has 0 saturated heterocycles. The van der Waals surface area contributed by atoms with E-state index in [0.29, 0.717) is 40.2 Å². The van der Waals surface area contributed by atoms with Crippen LogP contribution in [0.15, 0.2) is 57.9 Å². The number of nitrogens with zero attached hydrogens (tertiary/aromatic N) is 3. The van der Waals surface area contributed by atoms with Gasteiger partial charge in [-0.2, -0.15) is 9.66 Å². The van der Waals surface area contributed by atoms with Gasteiger partial charge in [0.1, 0.15) is 11.3 Å². The van der Waals surface area contributed by atoms with Crippen LogP contribution < -0.4 is 21.2 Å². The summed E-state index contributed by atoms with van der Waals surface area (Å²) >= 11 is 6.13. The lowest BCUT2D eigenvalue weighted by molar-refractivity contribution is 0.340. The smallest absolute Gasteiger partial charge is 0.439 e. The van der Waals surface area contributed by atoms with Crippen molar-refractivity contribution in [1.29, 1.82) is 0 Å². The van der Waals surface area contributed by atoms with Crippen LogP contribution in [-0.2, 0) is 0 Å². The molecule has 8 nitrogen and oxygen atoms in total. The van der Waals surface area contributed by atoms with E-state index in [-0.39, 0.29) is 0 Å². The van der Waals surface area contributed by atoms with E-state index in [9.17, 15) is 4.79 Å². The lowest BCUT2D eigenvalue weighted by atomic mass is 10.3. The lowest BCUT2D eigenvalue weighted by Gasteiger charge is -2.12. The summed E-state index contributed by atoms with van der Waals surface area (Å²) in [5.41, 5.74) is 5.59. The first-order chi connectivity index (χ1) is 14.0. The zero-order valence-corrected chi connectivity index (χ0v) is 16.5. The summed E-state index contributed by atoms with van der Waals surface area (Å²) in [5, 5.41) is 3.64. The Morgan fingerprint density at radius 3 is 2.90 bits per heavy atom. The fourth-order valence-electron chi connectivity index (χ4n) is 2.77. The molecule has 0 unspecified atom stereocenters. The molecular weight excluding hydrogens is 394 g/mol. The minimum atomic E-state index is -0.530. The number of aromatic nitrogens is 3. The molecule has 0 radical (unpaired) electrons. The molecule has 9 heteroatoms. The van der Waals surface area contributed by atoms with E-state index in [0.717, 1.165) is 11.3 Å². The van der Waals surface area contributed by atoms with Crippen molar-refractivity contribution < 1.29 is 9.15 Å². The molecule has 0 fully saturated rings. The van der Waals surface area contributed by atoms with Crippen LogP contribution in [0.4, 0.5) is 17.5 Å². The summed E-state index contributed by atoms with van der Waals surface area (Å²) in [4.78, 5) is 21.0. The van der Waals surface area contributed by atoms with Crippen LogP contribution in [0.3, 0.4) is 0 Å². The number of anilines is 3. The van der Waals surface area contributed by atoms with Gasteiger partial charge >= 0.3 is 5.76 Å². The van der Waals surface area contributed by atoms with Crippen LogP contribution >= 0.6 is 11.6 Å². The SMILES string of the molecule is CCOc1cc(Nc2ncc(C)c(Nn3c(=O)oc4ccccc43)n2)ccc1Cl. The van der Waals surface area contributed by atoms with E-state index in [1.165, 1.54) is 4.68 Å². The van der Waals surface area contributed by atoms with Gasteiger partial charge in [-0.25, -0.2) is 9.78 Å². The van der Waals surface area contributed by atoms with Crippen LogP contribution in [-0.4, -0.2) is 21.3 Å². The number of rotatable bonds is 6. The second-order valence-electron chi connectivity index (χ2n) is 6.21. The van der Waals surface area contributed by atoms with Crippen molar-refractivity contribution in [3.8, 4) is 5.75 Å². The predicted molar refractivity (Wildman–Crippen MR) is 112 cm³/mol. The molecule has 2 heterocycles. The molecule has 2 N–H and O–H groups in total. The predicted octanol–water partition coefficient (Wildman–Crippen LogP) is 4.36. The Hall–Kier alpha value is -3.52. The average Bonchev–Trinajstić information content (AvgIpc) is 3.02. The largest absolute Gasteiger partial charge is 0.492 e. The number of ether oxygens (including phenoxy) is 1. The van der Waals surface area contributed by atoms with Gasteiger partial charge in [-0.3, -0.25) is 5.43 Å². The second kappa shape index (κ2) is 7.84. The monoisotopic (exact) mass is 411 g/mol. The quantitative estimate of drug-likeness (QED) is 0.486. The normalized spacial score (nSPS) is 10.9. The Balaban J connectivity index is 1.64. The number of hydrogen-bond donors (Lipinski definition) is 2. The fourth-order valence-corrected chi connectivity index (χ4v) is 2.94. The van der Waals surface area contributed by atoms with Gasteiger partial charge in [0.05, 0.1) is 11.6 Å². The summed E-state index contributed by atoms with van der Waals surface area (Å²) in [6.07, 6.45) is 1.66. The van der Waals surface area contributed by atoms with Crippen molar-refractivity contribution >= 4 is 40.2 Å². The van der Waals surface area contributed by atoms with Crippen molar-refractivity contribution in [2.75, 3.05) is 17.3 Å². The molecule has 0 aliphatic heterocycles. The van der Waals surface area contributed by atoms with Gasteiger partial charge in [-0.15, -0.1) is 0 Å². The molecule has 0 aliphatic rings. The van der Waals surface area contributed by atoms with Crippen LogP contribution in [0, 0.1) is 6.92 Å². The first-order valence-corrected chi connectivity index (χ1v) is 9.33. The number of benzene rings is 2. The second-order valence-corrected chi connectivity index (χ2v) is 6.62. The molecule has 148 valence electrons. The van der Waals surface area contributed by atoms with Crippen LogP contribution in [0.25, 0.3) is 11.1 Å². The third kappa shape index (κ3) is 3.88. The topological polar surface area (TPSA) is 94.2 Å². The summed E-state index contributed by atoms with van der Waals surface area (Å²) in [7, 11) is 0. The maximum absolute atomic E-state index is 12.2. The third-order valence-electron chi connectivity index (χ3n) is 4.16. The Bertz CT molecular complexity index is 1230. The Labute approximate surface area is 171 Å². The van der Waals surface area contributed by atoms with Gasteiger partial charge in [0.2, 0.25) is 5.95 Å².